The molecule has 102 valence electrons. The first-order valence-corrected chi connectivity index (χ1v) is 6.98. The summed E-state index contributed by atoms with van der Waals surface area (Å²) in [6, 6.07) is 18.8. The molecule has 2 heteroatoms. The largest absolute Gasteiger partial charge is 0.310 e. The number of aryl methyl sites for hydroxylation is 1. The van der Waals surface area contributed by atoms with Gasteiger partial charge in [0.1, 0.15) is 0 Å². The highest BCUT2D eigenvalue weighted by Crippen LogP contribution is 2.13. The van der Waals surface area contributed by atoms with Gasteiger partial charge in [0.2, 0.25) is 0 Å². The van der Waals surface area contributed by atoms with Gasteiger partial charge in [-0.3, -0.25) is 0 Å². The molecule has 0 radical (unpaired) electrons. The fraction of sp³-hybridized carbons (Fsp3) is 0.278. The van der Waals surface area contributed by atoms with Gasteiger partial charge < -0.3 is 5.32 Å². The molecule has 0 bridgehead atoms. The predicted octanol–water partition coefficient (Wildman–Crippen LogP) is 3.76. The van der Waals surface area contributed by atoms with E-state index in [9.17, 15) is 0 Å². The van der Waals surface area contributed by atoms with E-state index in [1.54, 1.807) is 0 Å². The number of nitriles is 1. The van der Waals surface area contributed by atoms with Crippen LogP contribution in [-0.2, 0) is 6.42 Å². The summed E-state index contributed by atoms with van der Waals surface area (Å²) >= 11 is 0. The number of hydrogen-bond acceptors (Lipinski definition) is 2. The van der Waals surface area contributed by atoms with Crippen LogP contribution in [-0.4, -0.2) is 6.54 Å². The molecule has 0 aliphatic carbocycles. The van der Waals surface area contributed by atoms with E-state index in [0.29, 0.717) is 11.6 Å². The van der Waals surface area contributed by atoms with Crippen molar-refractivity contribution in [3.8, 4) is 6.07 Å². The Hall–Kier alpha value is -2.11. The van der Waals surface area contributed by atoms with Crippen LogP contribution < -0.4 is 5.32 Å². The fourth-order valence-corrected chi connectivity index (χ4v) is 2.26. The highest BCUT2D eigenvalue weighted by molar-refractivity contribution is 5.32. The summed E-state index contributed by atoms with van der Waals surface area (Å²) in [6.45, 7) is 5.22. The van der Waals surface area contributed by atoms with Crippen molar-refractivity contribution in [3.63, 3.8) is 0 Å². The Balaban J connectivity index is 1.85. The van der Waals surface area contributed by atoms with Gasteiger partial charge >= 0.3 is 0 Å². The highest BCUT2D eigenvalue weighted by Gasteiger charge is 2.04. The molecule has 0 saturated carbocycles. The van der Waals surface area contributed by atoms with Crippen molar-refractivity contribution in [3.05, 3.63) is 70.8 Å². The molecule has 2 nitrogen and oxygen atoms in total. The van der Waals surface area contributed by atoms with Crippen LogP contribution in [0.4, 0.5) is 0 Å². The molecule has 2 rings (SSSR count). The molecule has 20 heavy (non-hydrogen) atoms. The van der Waals surface area contributed by atoms with Crippen molar-refractivity contribution in [2.24, 2.45) is 0 Å². The molecular formula is C18H20N2. The first-order valence-electron chi connectivity index (χ1n) is 6.98. The lowest BCUT2D eigenvalue weighted by atomic mass is 10.1. The summed E-state index contributed by atoms with van der Waals surface area (Å²) in [5, 5.41) is 12.3. The second-order valence-electron chi connectivity index (χ2n) is 5.15. The molecule has 0 heterocycles. The van der Waals surface area contributed by atoms with Gasteiger partial charge in [-0.25, -0.2) is 0 Å². The Labute approximate surface area is 121 Å². The van der Waals surface area contributed by atoms with Crippen LogP contribution in [0.1, 0.15) is 35.2 Å². The maximum atomic E-state index is 8.79. The third kappa shape index (κ3) is 3.94. The van der Waals surface area contributed by atoms with E-state index >= 15 is 0 Å². The second-order valence-corrected chi connectivity index (χ2v) is 5.15. The Morgan fingerprint density at radius 2 is 1.90 bits per heavy atom. The molecule has 0 fully saturated rings. The van der Waals surface area contributed by atoms with Crippen LogP contribution in [0.25, 0.3) is 0 Å². The molecule has 0 aliphatic heterocycles. The third-order valence-electron chi connectivity index (χ3n) is 3.49. The first-order chi connectivity index (χ1) is 9.69. The molecular weight excluding hydrogens is 244 g/mol. The minimum atomic E-state index is 0.299. The molecule has 0 aliphatic rings. The van der Waals surface area contributed by atoms with Crippen LogP contribution in [0.2, 0.25) is 0 Å². The van der Waals surface area contributed by atoms with E-state index in [1.807, 2.05) is 24.3 Å². The van der Waals surface area contributed by atoms with Gasteiger partial charge in [0.05, 0.1) is 11.6 Å². The first kappa shape index (κ1) is 14.3. The van der Waals surface area contributed by atoms with Crippen LogP contribution >= 0.6 is 0 Å². The van der Waals surface area contributed by atoms with Crippen LogP contribution in [0.3, 0.4) is 0 Å². The SMILES string of the molecule is Cc1cccc(CCNC(C)c2ccc(C#N)cc2)c1. The zero-order valence-electron chi connectivity index (χ0n) is 12.1. The number of rotatable bonds is 5. The Kier molecular flexibility index (Phi) is 4.92. The zero-order chi connectivity index (χ0) is 14.4. The Bertz CT molecular complexity index is 594. The normalized spacial score (nSPS) is 11.8. The summed E-state index contributed by atoms with van der Waals surface area (Å²) in [4.78, 5) is 0. The summed E-state index contributed by atoms with van der Waals surface area (Å²) in [5.41, 5.74) is 4.60. The molecule has 2 aromatic carbocycles. The maximum Gasteiger partial charge on any atom is 0.0991 e. The Morgan fingerprint density at radius 3 is 2.55 bits per heavy atom. The van der Waals surface area contributed by atoms with E-state index in [0.717, 1.165) is 13.0 Å². The number of benzene rings is 2. The van der Waals surface area contributed by atoms with Crippen LogP contribution in [0, 0.1) is 18.3 Å². The van der Waals surface area contributed by atoms with Gasteiger partial charge in [-0.2, -0.15) is 5.26 Å². The average molecular weight is 264 g/mol. The average Bonchev–Trinajstić information content (AvgIpc) is 2.47. The summed E-state index contributed by atoms with van der Waals surface area (Å²) in [5.74, 6) is 0. The van der Waals surface area contributed by atoms with Gasteiger partial charge in [0.15, 0.2) is 0 Å². The van der Waals surface area contributed by atoms with Crippen LogP contribution in [0.5, 0.6) is 0 Å². The van der Waals surface area contributed by atoms with Crippen molar-refractivity contribution in [1.82, 2.24) is 5.32 Å². The van der Waals surface area contributed by atoms with E-state index in [1.165, 1.54) is 16.7 Å². The van der Waals surface area contributed by atoms with E-state index in [-0.39, 0.29) is 0 Å². The number of hydrogen-bond donors (Lipinski definition) is 1. The lowest BCUT2D eigenvalue weighted by Crippen LogP contribution is -2.21. The summed E-state index contributed by atoms with van der Waals surface area (Å²) in [6.07, 6.45) is 1.03. The molecule has 0 aromatic heterocycles. The van der Waals surface area contributed by atoms with Crippen LogP contribution in [0.15, 0.2) is 48.5 Å². The molecule has 0 saturated heterocycles. The molecule has 0 amide bonds. The van der Waals surface area contributed by atoms with Crippen molar-refractivity contribution < 1.29 is 0 Å². The minimum absolute atomic E-state index is 0.299. The lowest BCUT2D eigenvalue weighted by Gasteiger charge is -2.14. The lowest BCUT2D eigenvalue weighted by molar-refractivity contribution is 0.577. The standard InChI is InChI=1S/C18H20N2/c1-14-4-3-5-16(12-14)10-11-20-15(2)18-8-6-17(13-19)7-9-18/h3-9,12,15,20H,10-11H2,1-2H3. The van der Waals surface area contributed by atoms with E-state index in [4.69, 9.17) is 5.26 Å². The van der Waals surface area contributed by atoms with Crippen molar-refractivity contribution in [2.45, 2.75) is 26.3 Å². The quantitative estimate of drug-likeness (QED) is 0.892. The minimum Gasteiger partial charge on any atom is -0.310 e. The van der Waals surface area contributed by atoms with E-state index < -0.39 is 0 Å². The van der Waals surface area contributed by atoms with Crippen molar-refractivity contribution in [1.29, 1.82) is 5.26 Å². The monoisotopic (exact) mass is 264 g/mol. The predicted molar refractivity (Wildman–Crippen MR) is 82.5 cm³/mol. The summed E-state index contributed by atoms with van der Waals surface area (Å²) < 4.78 is 0. The Morgan fingerprint density at radius 1 is 1.15 bits per heavy atom. The van der Waals surface area contributed by atoms with Gasteiger partial charge in [-0.15, -0.1) is 0 Å². The summed E-state index contributed by atoms with van der Waals surface area (Å²) in [7, 11) is 0. The van der Waals surface area contributed by atoms with Crippen molar-refractivity contribution >= 4 is 0 Å². The number of nitrogens with zero attached hydrogens (tertiary/aromatic N) is 1. The maximum absolute atomic E-state index is 8.79. The number of nitrogens with one attached hydrogen (secondary N) is 1. The molecule has 0 spiro atoms. The smallest absolute Gasteiger partial charge is 0.0991 e. The topological polar surface area (TPSA) is 35.8 Å². The molecule has 1 unspecified atom stereocenters. The third-order valence-corrected chi connectivity index (χ3v) is 3.49. The van der Waals surface area contributed by atoms with Gasteiger partial charge in [-0.05, 0) is 50.1 Å². The second kappa shape index (κ2) is 6.88. The zero-order valence-corrected chi connectivity index (χ0v) is 12.1. The van der Waals surface area contributed by atoms with Gasteiger partial charge in [0.25, 0.3) is 0 Å². The van der Waals surface area contributed by atoms with Gasteiger partial charge in [-0.1, -0.05) is 42.0 Å². The van der Waals surface area contributed by atoms with Gasteiger partial charge in [0, 0.05) is 6.04 Å². The van der Waals surface area contributed by atoms with Crippen molar-refractivity contribution in [2.75, 3.05) is 6.54 Å². The van der Waals surface area contributed by atoms with E-state index in [2.05, 4.69) is 49.5 Å². The fourth-order valence-electron chi connectivity index (χ4n) is 2.26. The highest BCUT2D eigenvalue weighted by atomic mass is 14.9. The molecule has 1 atom stereocenters. The molecule has 2 aromatic rings. The molecule has 1 N–H and O–H groups in total.